The Morgan fingerprint density at radius 2 is 2.00 bits per heavy atom. The predicted octanol–water partition coefficient (Wildman–Crippen LogP) is 3.73. The summed E-state index contributed by atoms with van der Waals surface area (Å²) >= 11 is 0. The highest BCUT2D eigenvalue weighted by Gasteiger charge is 2.27. The zero-order valence-corrected chi connectivity index (χ0v) is 14.2. The van der Waals surface area contributed by atoms with Crippen molar-refractivity contribution in [1.29, 1.82) is 0 Å². The van der Waals surface area contributed by atoms with Gasteiger partial charge in [0.2, 0.25) is 0 Å². The highest BCUT2D eigenvalue weighted by molar-refractivity contribution is 5.49. The van der Waals surface area contributed by atoms with Crippen LogP contribution in [-0.2, 0) is 6.42 Å². The molecule has 118 valence electrons. The molecular formula is C17H30N4. The van der Waals surface area contributed by atoms with Gasteiger partial charge in [-0.15, -0.1) is 0 Å². The summed E-state index contributed by atoms with van der Waals surface area (Å²) in [5, 5.41) is 3.15. The molecule has 1 aliphatic heterocycles. The number of anilines is 2. The Hall–Kier alpha value is -1.32. The van der Waals surface area contributed by atoms with E-state index in [2.05, 4.69) is 49.0 Å². The lowest BCUT2D eigenvalue weighted by atomic mass is 9.77. The minimum absolute atomic E-state index is 0.409. The molecule has 0 saturated carbocycles. The number of rotatable bonds is 3. The van der Waals surface area contributed by atoms with E-state index in [0.717, 1.165) is 42.9 Å². The number of aromatic nitrogens is 2. The Kier molecular flexibility index (Phi) is 5.07. The second kappa shape index (κ2) is 6.63. The van der Waals surface area contributed by atoms with Crippen molar-refractivity contribution < 1.29 is 0 Å². The normalized spacial score (nSPS) is 20.2. The van der Waals surface area contributed by atoms with Crippen LogP contribution in [0.1, 0.15) is 52.8 Å². The fraction of sp³-hybridized carbons (Fsp3) is 0.765. The van der Waals surface area contributed by atoms with Gasteiger partial charge in [-0.2, -0.15) is 0 Å². The first-order valence-electron chi connectivity index (χ1n) is 8.24. The molecule has 1 unspecified atom stereocenters. The Labute approximate surface area is 129 Å². The van der Waals surface area contributed by atoms with Gasteiger partial charge in [-0.25, -0.2) is 9.97 Å². The molecule has 0 spiro atoms. The van der Waals surface area contributed by atoms with Gasteiger partial charge in [-0.05, 0) is 30.6 Å². The van der Waals surface area contributed by atoms with Crippen molar-refractivity contribution in [1.82, 2.24) is 9.97 Å². The fourth-order valence-electron chi connectivity index (χ4n) is 3.12. The van der Waals surface area contributed by atoms with E-state index in [1.54, 1.807) is 0 Å². The van der Waals surface area contributed by atoms with Gasteiger partial charge in [0.25, 0.3) is 0 Å². The minimum Gasteiger partial charge on any atom is -0.373 e. The van der Waals surface area contributed by atoms with Crippen molar-refractivity contribution >= 4 is 11.6 Å². The first-order valence-corrected chi connectivity index (χ1v) is 8.24. The average molecular weight is 290 g/mol. The number of hydrogen-bond donors (Lipinski definition) is 1. The largest absolute Gasteiger partial charge is 0.373 e. The van der Waals surface area contributed by atoms with Gasteiger partial charge >= 0.3 is 0 Å². The molecule has 1 saturated heterocycles. The summed E-state index contributed by atoms with van der Waals surface area (Å²) in [6, 6.07) is 2.08. The molecule has 1 N–H and O–H groups in total. The van der Waals surface area contributed by atoms with Crippen molar-refractivity contribution in [2.24, 2.45) is 11.3 Å². The Balaban J connectivity index is 2.15. The van der Waals surface area contributed by atoms with Crippen molar-refractivity contribution in [2.75, 3.05) is 30.4 Å². The molecule has 1 aromatic rings. The lowest BCUT2D eigenvalue weighted by molar-refractivity contribution is 0.220. The van der Waals surface area contributed by atoms with Gasteiger partial charge < -0.3 is 10.2 Å². The standard InChI is InChI=1S/C17H30N4/c1-6-14-19-15(18-5)12-16(20-14)21-10-7-8-13(9-11-21)17(2,3)4/h12-13H,6-11H2,1-5H3,(H,18,19,20). The van der Waals surface area contributed by atoms with Gasteiger partial charge in [-0.3, -0.25) is 0 Å². The number of nitrogens with zero attached hydrogens (tertiary/aromatic N) is 3. The number of nitrogens with one attached hydrogen (secondary N) is 1. The third-order valence-corrected chi connectivity index (χ3v) is 4.61. The SMILES string of the molecule is CCc1nc(NC)cc(N2CCCC(C(C)(C)C)CC2)n1. The van der Waals surface area contributed by atoms with Crippen LogP contribution in [0.15, 0.2) is 6.07 Å². The maximum absolute atomic E-state index is 4.73. The first kappa shape index (κ1) is 16.1. The third-order valence-electron chi connectivity index (χ3n) is 4.61. The summed E-state index contributed by atoms with van der Waals surface area (Å²) in [5.41, 5.74) is 0.409. The molecule has 2 rings (SSSR count). The number of hydrogen-bond acceptors (Lipinski definition) is 4. The van der Waals surface area contributed by atoms with Gasteiger partial charge in [0.15, 0.2) is 0 Å². The molecule has 0 aliphatic carbocycles. The van der Waals surface area contributed by atoms with E-state index in [0.29, 0.717) is 5.41 Å². The van der Waals surface area contributed by atoms with Crippen LogP contribution in [-0.4, -0.2) is 30.1 Å². The quantitative estimate of drug-likeness (QED) is 0.921. The Bertz CT molecular complexity index is 442. The fourth-order valence-corrected chi connectivity index (χ4v) is 3.12. The molecule has 0 aromatic carbocycles. The lowest BCUT2D eigenvalue weighted by Crippen LogP contribution is -2.27. The second-order valence-corrected chi connectivity index (χ2v) is 7.11. The van der Waals surface area contributed by atoms with Crippen LogP contribution in [0.3, 0.4) is 0 Å². The van der Waals surface area contributed by atoms with E-state index in [9.17, 15) is 0 Å². The summed E-state index contributed by atoms with van der Waals surface area (Å²) in [4.78, 5) is 11.7. The topological polar surface area (TPSA) is 41.1 Å². The van der Waals surface area contributed by atoms with Gasteiger partial charge in [0.05, 0.1) is 0 Å². The van der Waals surface area contributed by atoms with E-state index < -0.39 is 0 Å². The van der Waals surface area contributed by atoms with Crippen LogP contribution in [0.2, 0.25) is 0 Å². The van der Waals surface area contributed by atoms with Gasteiger partial charge in [0, 0.05) is 32.6 Å². The van der Waals surface area contributed by atoms with Crippen molar-refractivity contribution in [2.45, 2.75) is 53.4 Å². The summed E-state index contributed by atoms with van der Waals surface area (Å²) < 4.78 is 0. The first-order chi connectivity index (χ1) is 9.94. The zero-order chi connectivity index (χ0) is 15.5. The molecule has 0 bridgehead atoms. The highest BCUT2D eigenvalue weighted by Crippen LogP contribution is 2.35. The maximum atomic E-state index is 4.73. The van der Waals surface area contributed by atoms with Crippen molar-refractivity contribution in [3.8, 4) is 0 Å². The van der Waals surface area contributed by atoms with Crippen LogP contribution in [0, 0.1) is 11.3 Å². The smallest absolute Gasteiger partial charge is 0.134 e. The van der Waals surface area contributed by atoms with E-state index in [1.165, 1.54) is 19.3 Å². The van der Waals surface area contributed by atoms with Gasteiger partial charge in [-0.1, -0.05) is 27.7 Å². The van der Waals surface area contributed by atoms with E-state index in [4.69, 9.17) is 4.98 Å². The molecule has 1 aromatic heterocycles. The molecule has 1 atom stereocenters. The molecule has 2 heterocycles. The highest BCUT2D eigenvalue weighted by atomic mass is 15.2. The van der Waals surface area contributed by atoms with Crippen molar-refractivity contribution in [3.63, 3.8) is 0 Å². The third kappa shape index (κ3) is 4.08. The maximum Gasteiger partial charge on any atom is 0.134 e. The number of aryl methyl sites for hydroxylation is 1. The van der Waals surface area contributed by atoms with Gasteiger partial charge in [0.1, 0.15) is 17.5 Å². The Morgan fingerprint density at radius 1 is 1.24 bits per heavy atom. The molecule has 1 fully saturated rings. The lowest BCUT2D eigenvalue weighted by Gasteiger charge is -2.30. The molecule has 0 amide bonds. The van der Waals surface area contributed by atoms with Crippen LogP contribution < -0.4 is 10.2 Å². The zero-order valence-electron chi connectivity index (χ0n) is 14.2. The van der Waals surface area contributed by atoms with E-state index >= 15 is 0 Å². The van der Waals surface area contributed by atoms with Crippen LogP contribution >= 0.6 is 0 Å². The summed E-state index contributed by atoms with van der Waals surface area (Å²) in [5.74, 6) is 3.74. The monoisotopic (exact) mass is 290 g/mol. The minimum atomic E-state index is 0.409. The van der Waals surface area contributed by atoms with Crippen LogP contribution in [0.25, 0.3) is 0 Å². The van der Waals surface area contributed by atoms with E-state index in [-0.39, 0.29) is 0 Å². The van der Waals surface area contributed by atoms with Crippen molar-refractivity contribution in [3.05, 3.63) is 11.9 Å². The molecule has 21 heavy (non-hydrogen) atoms. The molecule has 1 aliphatic rings. The van der Waals surface area contributed by atoms with Crippen LogP contribution in [0.4, 0.5) is 11.6 Å². The molecule has 4 heteroatoms. The predicted molar refractivity (Wildman–Crippen MR) is 90.0 cm³/mol. The Morgan fingerprint density at radius 3 is 2.62 bits per heavy atom. The summed E-state index contributed by atoms with van der Waals surface area (Å²) in [6.45, 7) is 11.4. The summed E-state index contributed by atoms with van der Waals surface area (Å²) in [6.07, 6.45) is 4.71. The average Bonchev–Trinajstić information content (AvgIpc) is 2.72. The van der Waals surface area contributed by atoms with E-state index in [1.807, 2.05) is 7.05 Å². The molecule has 4 nitrogen and oxygen atoms in total. The van der Waals surface area contributed by atoms with Crippen LogP contribution in [0.5, 0.6) is 0 Å². The second-order valence-electron chi connectivity index (χ2n) is 7.11. The molecular weight excluding hydrogens is 260 g/mol. The summed E-state index contributed by atoms with van der Waals surface area (Å²) in [7, 11) is 1.92. The molecule has 0 radical (unpaired) electrons.